The number of nitrogens with zero attached hydrogens (tertiary/aromatic N) is 4. The van der Waals surface area contributed by atoms with E-state index in [4.69, 9.17) is 16.3 Å². The summed E-state index contributed by atoms with van der Waals surface area (Å²) in [6, 6.07) is 16.8. The number of carbonyl (C=O) groups excluding carboxylic acids is 1. The molecule has 234 valence electrons. The van der Waals surface area contributed by atoms with Crippen molar-refractivity contribution in [3.8, 4) is 11.5 Å². The number of imidazole rings is 1. The zero-order valence-corrected chi connectivity index (χ0v) is 26.4. The van der Waals surface area contributed by atoms with Gasteiger partial charge in [-0.2, -0.15) is 0 Å². The zero-order chi connectivity index (χ0) is 31.5. The van der Waals surface area contributed by atoms with Gasteiger partial charge in [0.25, 0.3) is 0 Å². The van der Waals surface area contributed by atoms with Gasteiger partial charge in [0, 0.05) is 73.9 Å². The fourth-order valence-corrected chi connectivity index (χ4v) is 6.29. The van der Waals surface area contributed by atoms with E-state index in [1.54, 1.807) is 16.7 Å². The number of hydrogen-bond acceptors (Lipinski definition) is 7. The van der Waals surface area contributed by atoms with E-state index in [0.29, 0.717) is 30.5 Å². The minimum Gasteiger partial charge on any atom is -0.507 e. The maximum Gasteiger partial charge on any atom is 0.330 e. The lowest BCUT2D eigenvalue weighted by Gasteiger charge is -2.34. The number of aromatic nitrogens is 2. The third kappa shape index (κ3) is 6.71. The van der Waals surface area contributed by atoms with E-state index in [9.17, 15) is 14.7 Å². The molecule has 1 saturated heterocycles. The van der Waals surface area contributed by atoms with Crippen LogP contribution in [0.5, 0.6) is 11.5 Å². The number of nitrogens with one attached hydrogen (secondary N) is 1. The van der Waals surface area contributed by atoms with Gasteiger partial charge < -0.3 is 24.6 Å². The van der Waals surface area contributed by atoms with Crippen molar-refractivity contribution in [2.24, 2.45) is 0 Å². The second-order valence-electron chi connectivity index (χ2n) is 11.6. The molecule has 0 unspecified atom stereocenters. The fraction of sp³-hybridized carbons (Fsp3) is 0.314. The predicted molar refractivity (Wildman–Crippen MR) is 181 cm³/mol. The number of carbonyl (C=O) groups is 1. The van der Waals surface area contributed by atoms with Crippen molar-refractivity contribution in [3.05, 3.63) is 98.9 Å². The van der Waals surface area contributed by atoms with Crippen molar-refractivity contribution < 1.29 is 14.6 Å². The van der Waals surface area contributed by atoms with Gasteiger partial charge in [0.2, 0.25) is 0 Å². The van der Waals surface area contributed by atoms with Crippen molar-refractivity contribution in [1.82, 2.24) is 19.4 Å². The third-order valence-electron chi connectivity index (χ3n) is 8.49. The molecule has 9 nitrogen and oxygen atoms in total. The van der Waals surface area contributed by atoms with Crippen molar-refractivity contribution >= 4 is 45.9 Å². The second-order valence-corrected chi connectivity index (χ2v) is 12.0. The van der Waals surface area contributed by atoms with Gasteiger partial charge in [-0.1, -0.05) is 35.9 Å². The average Bonchev–Trinajstić information content (AvgIpc) is 3.37. The predicted octanol–water partition coefficient (Wildman–Crippen LogP) is 5.48. The number of likely N-dealkylation sites (N-methyl/N-ethyl adjacent to an activating group) is 1. The topological polar surface area (TPSA) is 94.0 Å². The SMILES string of the molecule is CCOc1cc(O)c(C(=O)/C=C/c2ccc(N3CCN(C)CC3)cc2Cl)cc1CN1CCC=C(n2c(=O)[nH]c3ccccc32)C1. The number of halogens is 1. The number of H-pyrrole nitrogens is 1. The number of phenolic OH excluding ortho intramolecular Hbond substituents is 1. The Morgan fingerprint density at radius 3 is 2.64 bits per heavy atom. The van der Waals surface area contributed by atoms with Crippen LogP contribution in [0.4, 0.5) is 5.69 Å². The maximum atomic E-state index is 13.4. The van der Waals surface area contributed by atoms with Crippen molar-refractivity contribution in [3.63, 3.8) is 0 Å². The Balaban J connectivity index is 1.20. The molecule has 2 aliphatic rings. The largest absolute Gasteiger partial charge is 0.507 e. The zero-order valence-electron chi connectivity index (χ0n) is 25.6. The summed E-state index contributed by atoms with van der Waals surface area (Å²) in [4.78, 5) is 36.0. The number of phenols is 1. The van der Waals surface area contributed by atoms with E-state index in [2.05, 4.69) is 32.8 Å². The van der Waals surface area contributed by atoms with Gasteiger partial charge in [-0.05, 0) is 68.4 Å². The molecule has 0 bridgehead atoms. The molecule has 0 saturated carbocycles. The number of aromatic amines is 1. The molecular formula is C35H38ClN5O4. The molecule has 1 fully saturated rings. The van der Waals surface area contributed by atoms with E-state index < -0.39 is 0 Å². The summed E-state index contributed by atoms with van der Waals surface area (Å²) in [6.07, 6.45) is 6.00. The molecule has 1 aromatic heterocycles. The number of ether oxygens (including phenoxy) is 1. The highest BCUT2D eigenvalue weighted by Gasteiger charge is 2.22. The Hall–Kier alpha value is -4.31. The Labute approximate surface area is 267 Å². The van der Waals surface area contributed by atoms with Crippen molar-refractivity contribution in [2.45, 2.75) is 19.9 Å². The number of hydrogen-bond donors (Lipinski definition) is 2. The smallest absolute Gasteiger partial charge is 0.330 e. The van der Waals surface area contributed by atoms with Crippen LogP contribution in [-0.2, 0) is 6.54 Å². The van der Waals surface area contributed by atoms with Crippen LogP contribution in [0.1, 0.15) is 34.8 Å². The number of fused-ring (bicyclic) bond motifs is 1. The molecule has 3 heterocycles. The van der Waals surface area contributed by atoms with Crippen LogP contribution in [0.3, 0.4) is 0 Å². The standard InChI is InChI=1S/C35H38ClN5O4/c1-3-45-34-21-33(43)28(32(42)13-11-24-10-12-26(20-29(24)36)40-17-15-38(2)16-18-40)19-25(34)22-39-14-6-7-27(23-39)41-31-9-5-4-8-30(31)37-35(41)44/h4-5,7-13,19-21,43H,3,6,14-18,22-23H2,1-2H3,(H,37,44)/b13-11+. The molecule has 6 rings (SSSR count). The number of piperazine rings is 1. The van der Waals surface area contributed by atoms with Gasteiger partial charge in [-0.3, -0.25) is 14.3 Å². The quantitative estimate of drug-likeness (QED) is 0.187. The summed E-state index contributed by atoms with van der Waals surface area (Å²) in [5.41, 5.74) is 5.13. The van der Waals surface area contributed by atoms with Crippen LogP contribution in [0, 0.1) is 0 Å². The average molecular weight is 628 g/mol. The molecule has 4 aromatic rings. The van der Waals surface area contributed by atoms with E-state index in [0.717, 1.165) is 72.7 Å². The summed E-state index contributed by atoms with van der Waals surface area (Å²) in [5, 5.41) is 11.4. The molecule has 10 heteroatoms. The number of aromatic hydroxyl groups is 1. The fourth-order valence-electron chi connectivity index (χ4n) is 6.06. The van der Waals surface area contributed by atoms with E-state index in [1.165, 1.54) is 12.1 Å². The van der Waals surface area contributed by atoms with Crippen LogP contribution in [0.25, 0.3) is 22.8 Å². The second kappa shape index (κ2) is 13.4. The van der Waals surface area contributed by atoms with Gasteiger partial charge in [0.15, 0.2) is 5.78 Å². The highest BCUT2D eigenvalue weighted by Crippen LogP contribution is 2.32. The summed E-state index contributed by atoms with van der Waals surface area (Å²) in [5.74, 6) is 0.0527. The van der Waals surface area contributed by atoms with Crippen LogP contribution in [0.15, 0.2) is 71.5 Å². The number of ketones is 1. The number of allylic oxidation sites excluding steroid dienone is 1. The highest BCUT2D eigenvalue weighted by molar-refractivity contribution is 6.32. The summed E-state index contributed by atoms with van der Waals surface area (Å²) in [7, 11) is 2.12. The number of rotatable bonds is 9. The van der Waals surface area contributed by atoms with E-state index in [1.807, 2.05) is 49.4 Å². The molecular weight excluding hydrogens is 590 g/mol. The Kier molecular flexibility index (Phi) is 9.11. The van der Waals surface area contributed by atoms with Crippen LogP contribution in [0.2, 0.25) is 5.02 Å². The molecule has 0 aliphatic carbocycles. The van der Waals surface area contributed by atoms with Crippen LogP contribution < -0.4 is 15.3 Å². The molecule has 2 N–H and O–H groups in total. The molecule has 2 aliphatic heterocycles. The molecule has 0 atom stereocenters. The Morgan fingerprint density at radius 2 is 1.87 bits per heavy atom. The molecule has 0 spiro atoms. The minimum atomic E-state index is -0.333. The number of anilines is 1. The van der Waals surface area contributed by atoms with Gasteiger partial charge in [-0.15, -0.1) is 0 Å². The lowest BCUT2D eigenvalue weighted by Crippen LogP contribution is -2.44. The molecule has 3 aromatic carbocycles. The molecule has 45 heavy (non-hydrogen) atoms. The normalized spacial score (nSPS) is 16.4. The van der Waals surface area contributed by atoms with E-state index in [-0.39, 0.29) is 22.8 Å². The third-order valence-corrected chi connectivity index (χ3v) is 8.82. The van der Waals surface area contributed by atoms with Crippen LogP contribution in [-0.4, -0.2) is 83.2 Å². The van der Waals surface area contributed by atoms with Gasteiger partial charge in [0.05, 0.1) is 23.2 Å². The van der Waals surface area contributed by atoms with Gasteiger partial charge in [-0.25, -0.2) is 4.79 Å². The van der Waals surface area contributed by atoms with Gasteiger partial charge in [0.1, 0.15) is 11.5 Å². The monoisotopic (exact) mass is 627 g/mol. The van der Waals surface area contributed by atoms with Crippen molar-refractivity contribution in [1.29, 1.82) is 0 Å². The Bertz CT molecular complexity index is 1830. The van der Waals surface area contributed by atoms with Gasteiger partial charge >= 0.3 is 5.69 Å². The first-order chi connectivity index (χ1) is 21.8. The van der Waals surface area contributed by atoms with Crippen molar-refractivity contribution in [2.75, 3.05) is 57.8 Å². The maximum absolute atomic E-state index is 13.4. The first-order valence-corrected chi connectivity index (χ1v) is 15.7. The first kappa shape index (κ1) is 30.7. The molecule has 0 amide bonds. The summed E-state index contributed by atoms with van der Waals surface area (Å²) < 4.78 is 7.59. The molecule has 0 radical (unpaired) electrons. The summed E-state index contributed by atoms with van der Waals surface area (Å²) >= 11 is 6.62. The van der Waals surface area contributed by atoms with Crippen LogP contribution >= 0.6 is 11.6 Å². The Morgan fingerprint density at radius 1 is 1.07 bits per heavy atom. The highest BCUT2D eigenvalue weighted by atomic mass is 35.5. The minimum absolute atomic E-state index is 0.141. The number of para-hydroxylation sites is 2. The number of benzene rings is 3. The first-order valence-electron chi connectivity index (χ1n) is 15.4. The lowest BCUT2D eigenvalue weighted by molar-refractivity contribution is 0.104. The van der Waals surface area contributed by atoms with E-state index >= 15 is 0 Å². The lowest BCUT2D eigenvalue weighted by atomic mass is 10.0. The summed E-state index contributed by atoms with van der Waals surface area (Å²) in [6.45, 7) is 7.98.